The van der Waals surface area contributed by atoms with Crippen LogP contribution in [0.5, 0.6) is 5.75 Å². The molecule has 3 heteroatoms. The van der Waals surface area contributed by atoms with Crippen LogP contribution < -0.4 is 9.64 Å². The summed E-state index contributed by atoms with van der Waals surface area (Å²) in [6.45, 7) is 3.89. The van der Waals surface area contributed by atoms with Crippen LogP contribution in [0.1, 0.15) is 12.8 Å². The first-order valence-corrected chi connectivity index (χ1v) is 6.01. The molecule has 0 radical (unpaired) electrons. The highest BCUT2D eigenvalue weighted by Gasteiger charge is 2.23. The molecule has 0 aromatic heterocycles. The van der Waals surface area contributed by atoms with Gasteiger partial charge < -0.3 is 14.4 Å². The van der Waals surface area contributed by atoms with Crippen molar-refractivity contribution in [3.63, 3.8) is 0 Å². The summed E-state index contributed by atoms with van der Waals surface area (Å²) in [7, 11) is 0. The number of hydrogen-bond donors (Lipinski definition) is 0. The topological polar surface area (TPSA) is 25.0 Å². The van der Waals surface area contributed by atoms with E-state index in [2.05, 4.69) is 23.1 Å². The summed E-state index contributed by atoms with van der Waals surface area (Å²) in [4.78, 5) is 2.42. The average Bonchev–Trinajstić information content (AvgIpc) is 2.99. The van der Waals surface area contributed by atoms with Gasteiger partial charge in [0.2, 0.25) is 0 Å². The Balaban J connectivity index is 1.65. The van der Waals surface area contributed by atoms with Crippen molar-refractivity contribution < 1.29 is 9.47 Å². The van der Waals surface area contributed by atoms with Crippen molar-refractivity contribution in [1.29, 1.82) is 0 Å². The molecule has 1 atom stereocenters. The normalized spacial score (nSPS) is 23.5. The van der Waals surface area contributed by atoms with Gasteiger partial charge in [0.1, 0.15) is 18.5 Å². The van der Waals surface area contributed by atoms with Gasteiger partial charge in [0, 0.05) is 24.8 Å². The molecule has 86 valence electrons. The van der Waals surface area contributed by atoms with E-state index in [1.807, 2.05) is 6.07 Å². The van der Waals surface area contributed by atoms with Gasteiger partial charge in [0.25, 0.3) is 0 Å². The summed E-state index contributed by atoms with van der Waals surface area (Å²) in [6, 6.07) is 8.37. The Hall–Kier alpha value is -1.22. The molecule has 2 fully saturated rings. The van der Waals surface area contributed by atoms with Gasteiger partial charge >= 0.3 is 0 Å². The molecule has 16 heavy (non-hydrogen) atoms. The highest BCUT2D eigenvalue weighted by molar-refractivity contribution is 5.51. The lowest BCUT2D eigenvalue weighted by Crippen LogP contribution is -2.17. The van der Waals surface area contributed by atoms with Crippen LogP contribution >= 0.6 is 0 Å². The van der Waals surface area contributed by atoms with Crippen LogP contribution in [0.2, 0.25) is 0 Å². The molecule has 3 nitrogen and oxygen atoms in total. The van der Waals surface area contributed by atoms with E-state index in [0.717, 1.165) is 12.4 Å². The van der Waals surface area contributed by atoms with Crippen molar-refractivity contribution in [1.82, 2.24) is 0 Å². The third kappa shape index (κ3) is 2.30. The molecule has 1 aromatic rings. The van der Waals surface area contributed by atoms with Crippen molar-refractivity contribution >= 4 is 5.69 Å². The zero-order valence-corrected chi connectivity index (χ0v) is 9.39. The lowest BCUT2D eigenvalue weighted by Gasteiger charge is -2.18. The molecule has 0 N–H and O–H groups in total. The molecule has 0 saturated carbocycles. The maximum absolute atomic E-state index is 5.68. The standard InChI is InChI=1S/C13H17NO2/c1-2-7-14(6-1)11-4-3-5-12(8-11)15-9-13-10-16-13/h3-5,8,13H,1-2,6-7,9-10H2. The zero-order chi connectivity index (χ0) is 10.8. The minimum absolute atomic E-state index is 0.329. The van der Waals surface area contributed by atoms with Crippen LogP contribution in [0.25, 0.3) is 0 Å². The van der Waals surface area contributed by atoms with Gasteiger partial charge in [-0.3, -0.25) is 0 Å². The van der Waals surface area contributed by atoms with E-state index in [4.69, 9.17) is 9.47 Å². The van der Waals surface area contributed by atoms with Crippen LogP contribution in [0.4, 0.5) is 5.69 Å². The van der Waals surface area contributed by atoms with E-state index in [1.165, 1.54) is 31.6 Å². The number of nitrogens with zero attached hydrogens (tertiary/aromatic N) is 1. The lowest BCUT2D eigenvalue weighted by molar-refractivity contribution is 0.263. The number of ether oxygens (including phenoxy) is 2. The number of anilines is 1. The van der Waals surface area contributed by atoms with E-state index >= 15 is 0 Å². The summed E-state index contributed by atoms with van der Waals surface area (Å²) in [5, 5.41) is 0. The number of benzene rings is 1. The van der Waals surface area contributed by atoms with Gasteiger partial charge in [0.05, 0.1) is 6.61 Å². The molecule has 0 bridgehead atoms. The van der Waals surface area contributed by atoms with Gasteiger partial charge in [-0.2, -0.15) is 0 Å². The van der Waals surface area contributed by atoms with Crippen molar-refractivity contribution in [2.45, 2.75) is 18.9 Å². The maximum atomic E-state index is 5.68. The molecule has 3 rings (SSSR count). The summed E-state index contributed by atoms with van der Waals surface area (Å²) >= 11 is 0. The first-order chi connectivity index (χ1) is 7.92. The quantitative estimate of drug-likeness (QED) is 0.725. The molecular formula is C13H17NO2. The van der Waals surface area contributed by atoms with Crippen molar-refractivity contribution in [3.8, 4) is 5.75 Å². The monoisotopic (exact) mass is 219 g/mol. The second-order valence-corrected chi connectivity index (χ2v) is 4.46. The highest BCUT2D eigenvalue weighted by atomic mass is 16.6. The largest absolute Gasteiger partial charge is 0.491 e. The first-order valence-electron chi connectivity index (χ1n) is 6.01. The third-order valence-corrected chi connectivity index (χ3v) is 3.13. The van der Waals surface area contributed by atoms with E-state index in [1.54, 1.807) is 0 Å². The Kier molecular flexibility index (Phi) is 2.70. The maximum Gasteiger partial charge on any atom is 0.121 e. The van der Waals surface area contributed by atoms with E-state index in [0.29, 0.717) is 12.7 Å². The predicted molar refractivity (Wildman–Crippen MR) is 63.1 cm³/mol. The van der Waals surface area contributed by atoms with Crippen molar-refractivity contribution in [2.24, 2.45) is 0 Å². The number of hydrogen-bond acceptors (Lipinski definition) is 3. The second kappa shape index (κ2) is 4.34. The lowest BCUT2D eigenvalue weighted by atomic mass is 10.3. The van der Waals surface area contributed by atoms with Gasteiger partial charge in [-0.05, 0) is 25.0 Å². The number of epoxide rings is 1. The summed E-state index contributed by atoms with van der Waals surface area (Å²) < 4.78 is 10.8. The van der Waals surface area contributed by atoms with Crippen LogP contribution in [0.3, 0.4) is 0 Å². The predicted octanol–water partition coefficient (Wildman–Crippen LogP) is 2.06. The van der Waals surface area contributed by atoms with Crippen LogP contribution in [0.15, 0.2) is 24.3 Å². The van der Waals surface area contributed by atoms with Crippen molar-refractivity contribution in [3.05, 3.63) is 24.3 Å². The molecular weight excluding hydrogens is 202 g/mol. The summed E-state index contributed by atoms with van der Waals surface area (Å²) in [5.74, 6) is 0.958. The molecule has 1 unspecified atom stereocenters. The first kappa shape index (κ1) is 9.97. The Morgan fingerprint density at radius 2 is 2.12 bits per heavy atom. The Morgan fingerprint density at radius 1 is 1.31 bits per heavy atom. The minimum Gasteiger partial charge on any atom is -0.491 e. The third-order valence-electron chi connectivity index (χ3n) is 3.13. The molecule has 0 amide bonds. The zero-order valence-electron chi connectivity index (χ0n) is 9.39. The minimum atomic E-state index is 0.329. The number of rotatable bonds is 4. The molecule has 2 heterocycles. The fourth-order valence-electron chi connectivity index (χ4n) is 2.10. The van der Waals surface area contributed by atoms with E-state index in [-0.39, 0.29) is 0 Å². The Labute approximate surface area is 96.0 Å². The van der Waals surface area contributed by atoms with Gasteiger partial charge in [-0.25, -0.2) is 0 Å². The smallest absolute Gasteiger partial charge is 0.121 e. The fourth-order valence-corrected chi connectivity index (χ4v) is 2.10. The average molecular weight is 219 g/mol. The van der Waals surface area contributed by atoms with Gasteiger partial charge in [-0.1, -0.05) is 6.07 Å². The highest BCUT2D eigenvalue weighted by Crippen LogP contribution is 2.25. The van der Waals surface area contributed by atoms with Crippen molar-refractivity contribution in [2.75, 3.05) is 31.2 Å². The van der Waals surface area contributed by atoms with E-state index < -0.39 is 0 Å². The summed E-state index contributed by atoms with van der Waals surface area (Å²) in [5.41, 5.74) is 1.28. The molecule has 0 aliphatic carbocycles. The molecule has 2 saturated heterocycles. The van der Waals surface area contributed by atoms with Crippen LogP contribution in [-0.4, -0.2) is 32.4 Å². The molecule has 2 aliphatic heterocycles. The van der Waals surface area contributed by atoms with E-state index in [9.17, 15) is 0 Å². The molecule has 1 aromatic carbocycles. The Bertz CT molecular complexity index is 357. The Morgan fingerprint density at radius 3 is 2.88 bits per heavy atom. The fraction of sp³-hybridized carbons (Fsp3) is 0.538. The molecule has 0 spiro atoms. The SMILES string of the molecule is c1cc(OCC2CO2)cc(N2CCCC2)c1. The van der Waals surface area contributed by atoms with Gasteiger partial charge in [0.15, 0.2) is 0 Å². The van der Waals surface area contributed by atoms with Crippen LogP contribution in [-0.2, 0) is 4.74 Å². The summed E-state index contributed by atoms with van der Waals surface area (Å²) in [6.07, 6.45) is 2.94. The second-order valence-electron chi connectivity index (χ2n) is 4.46. The van der Waals surface area contributed by atoms with Gasteiger partial charge in [-0.15, -0.1) is 0 Å². The molecule has 2 aliphatic rings. The van der Waals surface area contributed by atoms with Crippen LogP contribution in [0, 0.1) is 0 Å².